The molecule has 38 heavy (non-hydrogen) atoms. The number of methoxy groups -OCH3 is 1. The quantitative estimate of drug-likeness (QED) is 0.286. The second-order valence-electron chi connectivity index (χ2n) is 8.30. The molecule has 0 unspecified atom stereocenters. The van der Waals surface area contributed by atoms with Gasteiger partial charge in [0.1, 0.15) is 6.61 Å². The van der Waals surface area contributed by atoms with Crippen molar-refractivity contribution in [2.75, 3.05) is 13.7 Å². The van der Waals surface area contributed by atoms with E-state index in [4.69, 9.17) is 21.1 Å². The van der Waals surface area contributed by atoms with Gasteiger partial charge in [0.15, 0.2) is 16.7 Å². The molecule has 1 amide bonds. The van der Waals surface area contributed by atoms with E-state index in [-0.39, 0.29) is 29.1 Å². The Morgan fingerprint density at radius 3 is 2.42 bits per heavy atom. The van der Waals surface area contributed by atoms with Gasteiger partial charge >= 0.3 is 0 Å². The highest BCUT2D eigenvalue weighted by atomic mass is 35.5. The van der Waals surface area contributed by atoms with Crippen molar-refractivity contribution in [1.82, 2.24) is 4.90 Å². The summed E-state index contributed by atoms with van der Waals surface area (Å²) in [5.74, 6) is 0.695. The molecule has 198 valence electrons. The van der Waals surface area contributed by atoms with Gasteiger partial charge in [-0.15, -0.1) is 4.40 Å². The second-order valence-corrected chi connectivity index (χ2v) is 11.3. The number of nitrogens with zero attached hydrogens (tertiary/aromatic N) is 2. The number of ether oxygens (including phenoxy) is 2. The molecule has 3 aromatic rings. The highest BCUT2D eigenvalue weighted by Crippen LogP contribution is 2.36. The minimum absolute atomic E-state index is 0.0826. The highest BCUT2D eigenvalue weighted by molar-refractivity contribution is 8.19. The van der Waals surface area contributed by atoms with Crippen molar-refractivity contribution < 1.29 is 22.7 Å². The molecule has 0 spiro atoms. The number of likely N-dealkylation sites (N-methyl/N-ethyl adjacent to an activating group) is 1. The molecule has 0 atom stereocenters. The molecule has 0 radical (unpaired) electrons. The first-order valence-corrected chi connectivity index (χ1v) is 14.6. The average molecular weight is 571 g/mol. The van der Waals surface area contributed by atoms with E-state index < -0.39 is 10.0 Å². The number of rotatable bonds is 9. The van der Waals surface area contributed by atoms with Crippen LogP contribution in [-0.4, -0.2) is 38.0 Å². The zero-order valence-corrected chi connectivity index (χ0v) is 23.6. The van der Waals surface area contributed by atoms with Crippen LogP contribution < -0.4 is 9.47 Å². The van der Waals surface area contributed by atoms with E-state index in [9.17, 15) is 13.2 Å². The zero-order chi connectivity index (χ0) is 27.3. The average Bonchev–Trinajstić information content (AvgIpc) is 3.20. The Balaban J connectivity index is 1.60. The second kappa shape index (κ2) is 12.1. The molecular weight excluding hydrogens is 544 g/mol. The van der Waals surface area contributed by atoms with Gasteiger partial charge in [0, 0.05) is 17.1 Å². The molecule has 1 saturated heterocycles. The molecule has 0 aliphatic carbocycles. The standard InChI is InChI=1S/C28H27ClN2O5S2/c1-4-19-10-13-22(14-11-19)38(33,34)30-28-31(5-2)27(32)26(37-28)17-20-12-15-24(35-3)25(16-20)36-18-21-8-6-7-9-23(21)29/h6-17H,4-5,18H2,1-3H3. The van der Waals surface area contributed by atoms with Gasteiger partial charge in [-0.3, -0.25) is 9.69 Å². The van der Waals surface area contributed by atoms with Crippen molar-refractivity contribution in [3.63, 3.8) is 0 Å². The van der Waals surface area contributed by atoms with Crippen LogP contribution in [0.3, 0.4) is 0 Å². The van der Waals surface area contributed by atoms with Crippen LogP contribution in [0.5, 0.6) is 11.5 Å². The van der Waals surface area contributed by atoms with Crippen molar-refractivity contribution >= 4 is 50.5 Å². The van der Waals surface area contributed by atoms with Crippen LogP contribution in [0.2, 0.25) is 5.02 Å². The molecular formula is C28H27ClN2O5S2. The molecule has 4 rings (SSSR count). The fraction of sp³-hybridized carbons (Fsp3) is 0.214. The molecule has 1 aliphatic rings. The first-order valence-electron chi connectivity index (χ1n) is 11.9. The predicted octanol–water partition coefficient (Wildman–Crippen LogP) is 6.17. The van der Waals surface area contributed by atoms with E-state index >= 15 is 0 Å². The number of amides is 1. The highest BCUT2D eigenvalue weighted by Gasteiger charge is 2.34. The summed E-state index contributed by atoms with van der Waals surface area (Å²) in [6, 6.07) is 19.3. The van der Waals surface area contributed by atoms with Crippen molar-refractivity contribution in [2.24, 2.45) is 4.40 Å². The number of carbonyl (C=O) groups is 1. The van der Waals surface area contributed by atoms with Crippen LogP contribution in [0, 0.1) is 0 Å². The van der Waals surface area contributed by atoms with E-state index in [2.05, 4.69) is 4.40 Å². The summed E-state index contributed by atoms with van der Waals surface area (Å²) in [6.45, 7) is 4.28. The van der Waals surface area contributed by atoms with Crippen molar-refractivity contribution in [1.29, 1.82) is 0 Å². The van der Waals surface area contributed by atoms with Crippen LogP contribution in [0.25, 0.3) is 6.08 Å². The fourth-order valence-electron chi connectivity index (χ4n) is 3.73. The molecule has 1 heterocycles. The molecule has 10 heteroatoms. The Morgan fingerprint density at radius 2 is 1.76 bits per heavy atom. The van der Waals surface area contributed by atoms with Gasteiger partial charge in [0.25, 0.3) is 15.9 Å². The third-order valence-electron chi connectivity index (χ3n) is 5.86. The third-order valence-corrected chi connectivity index (χ3v) is 8.63. The fourth-order valence-corrected chi connectivity index (χ4v) is 6.16. The maximum atomic E-state index is 13.1. The van der Waals surface area contributed by atoms with Crippen molar-refractivity contribution in [3.8, 4) is 11.5 Å². The number of carbonyl (C=O) groups excluding carboxylic acids is 1. The number of sulfonamides is 1. The van der Waals surface area contributed by atoms with Gasteiger partial charge < -0.3 is 9.47 Å². The van der Waals surface area contributed by atoms with E-state index in [1.54, 1.807) is 56.5 Å². The maximum Gasteiger partial charge on any atom is 0.284 e. The number of thioether (sulfide) groups is 1. The zero-order valence-electron chi connectivity index (χ0n) is 21.2. The molecule has 1 aliphatic heterocycles. The van der Waals surface area contributed by atoms with Crippen molar-refractivity contribution in [2.45, 2.75) is 31.8 Å². The number of hydrogen-bond donors (Lipinski definition) is 0. The lowest BCUT2D eigenvalue weighted by atomic mass is 10.1. The summed E-state index contributed by atoms with van der Waals surface area (Å²) in [7, 11) is -2.44. The lowest BCUT2D eigenvalue weighted by Crippen LogP contribution is -2.29. The predicted molar refractivity (Wildman–Crippen MR) is 152 cm³/mol. The Morgan fingerprint density at radius 1 is 1.03 bits per heavy atom. The number of halogens is 1. The van der Waals surface area contributed by atoms with Crippen molar-refractivity contribution in [3.05, 3.63) is 93.3 Å². The first-order chi connectivity index (χ1) is 18.2. The number of amidine groups is 1. The molecule has 1 fully saturated rings. The molecule has 0 aromatic heterocycles. The molecule has 0 bridgehead atoms. The maximum absolute atomic E-state index is 13.1. The number of aryl methyl sites for hydroxylation is 1. The summed E-state index contributed by atoms with van der Waals surface area (Å²) in [4.78, 5) is 14.9. The summed E-state index contributed by atoms with van der Waals surface area (Å²) < 4.78 is 41.3. The van der Waals surface area contributed by atoms with Gasteiger partial charge in [-0.2, -0.15) is 8.42 Å². The Hall–Kier alpha value is -3.27. The van der Waals surface area contributed by atoms with Gasteiger partial charge in [-0.25, -0.2) is 0 Å². The van der Waals surface area contributed by atoms with E-state index in [0.29, 0.717) is 27.0 Å². The normalized spacial score (nSPS) is 15.9. The monoisotopic (exact) mass is 570 g/mol. The topological polar surface area (TPSA) is 85.3 Å². The third kappa shape index (κ3) is 6.23. The van der Waals surface area contributed by atoms with Crippen LogP contribution >= 0.6 is 23.4 Å². The van der Waals surface area contributed by atoms with Crippen LogP contribution in [0.15, 0.2) is 80.9 Å². The number of benzene rings is 3. The van der Waals surface area contributed by atoms with Gasteiger partial charge in [-0.05, 0) is 72.6 Å². The molecule has 0 N–H and O–H groups in total. The smallest absolute Gasteiger partial charge is 0.284 e. The van der Waals surface area contributed by atoms with E-state index in [0.717, 1.165) is 29.3 Å². The largest absolute Gasteiger partial charge is 0.493 e. The minimum atomic E-state index is -3.99. The lowest BCUT2D eigenvalue weighted by Gasteiger charge is -2.12. The SMILES string of the molecule is CCc1ccc(S(=O)(=O)N=C2SC(=Cc3ccc(OC)c(OCc4ccccc4Cl)c3)C(=O)N2CC)cc1. The van der Waals surface area contributed by atoms with Crippen LogP contribution in [0.4, 0.5) is 0 Å². The van der Waals surface area contributed by atoms with Gasteiger partial charge in [0.05, 0.1) is 16.9 Å². The molecule has 3 aromatic carbocycles. The van der Waals surface area contributed by atoms with Crippen LogP contribution in [0.1, 0.15) is 30.5 Å². The Bertz CT molecular complexity index is 1500. The lowest BCUT2D eigenvalue weighted by molar-refractivity contribution is -0.122. The van der Waals surface area contributed by atoms with E-state index in [1.807, 2.05) is 25.1 Å². The summed E-state index contributed by atoms with van der Waals surface area (Å²) >= 11 is 7.27. The Labute approximate surface area is 232 Å². The molecule has 7 nitrogen and oxygen atoms in total. The summed E-state index contributed by atoms with van der Waals surface area (Å²) in [6.07, 6.45) is 2.48. The Kier molecular flexibility index (Phi) is 8.81. The minimum Gasteiger partial charge on any atom is -0.493 e. The van der Waals surface area contributed by atoms with Gasteiger partial charge in [0.2, 0.25) is 0 Å². The van der Waals surface area contributed by atoms with E-state index in [1.165, 1.54) is 17.0 Å². The first kappa shape index (κ1) is 27.8. The summed E-state index contributed by atoms with van der Waals surface area (Å²) in [5.41, 5.74) is 2.54. The summed E-state index contributed by atoms with van der Waals surface area (Å²) in [5, 5.41) is 0.715. The van der Waals surface area contributed by atoms with Crippen LogP contribution in [-0.2, 0) is 27.8 Å². The number of hydrogen-bond acceptors (Lipinski definition) is 6. The molecule has 0 saturated carbocycles. The van der Waals surface area contributed by atoms with Gasteiger partial charge in [-0.1, -0.05) is 54.9 Å².